The number of carbonyl (C=O) groups is 2. The normalized spacial score (nSPS) is 19.0. The van der Waals surface area contributed by atoms with Gasteiger partial charge in [0, 0.05) is 38.2 Å². The van der Waals surface area contributed by atoms with Crippen molar-refractivity contribution in [2.75, 3.05) is 26.3 Å². The van der Waals surface area contributed by atoms with Gasteiger partial charge in [0.2, 0.25) is 5.91 Å². The molecule has 4 rings (SSSR count). The predicted molar refractivity (Wildman–Crippen MR) is 106 cm³/mol. The number of nitrogens with zero attached hydrogens (tertiary/aromatic N) is 4. The summed E-state index contributed by atoms with van der Waals surface area (Å²) >= 11 is 0. The first kappa shape index (κ1) is 19.6. The number of nitrogens with one attached hydrogen (secondary N) is 1. The molecule has 8 heteroatoms. The van der Waals surface area contributed by atoms with Gasteiger partial charge in [-0.1, -0.05) is 17.7 Å². The highest BCUT2D eigenvalue weighted by Gasteiger charge is 2.26. The van der Waals surface area contributed by atoms with Gasteiger partial charge >= 0.3 is 0 Å². The Balaban J connectivity index is 1.41. The van der Waals surface area contributed by atoms with Crippen LogP contribution in [0.15, 0.2) is 18.2 Å². The van der Waals surface area contributed by atoms with E-state index in [0.29, 0.717) is 45.8 Å². The van der Waals surface area contributed by atoms with Gasteiger partial charge in [-0.15, -0.1) is 10.2 Å². The van der Waals surface area contributed by atoms with Crippen molar-refractivity contribution in [2.45, 2.75) is 39.8 Å². The van der Waals surface area contributed by atoms with Crippen LogP contribution in [0, 0.1) is 19.8 Å². The Morgan fingerprint density at radius 1 is 1.21 bits per heavy atom. The molecule has 29 heavy (non-hydrogen) atoms. The topological polar surface area (TPSA) is 89.3 Å². The number of amides is 2. The molecule has 2 amide bonds. The number of ether oxygens (including phenoxy) is 1. The number of benzene rings is 1. The maximum absolute atomic E-state index is 13.1. The van der Waals surface area contributed by atoms with Crippen LogP contribution in [-0.4, -0.2) is 57.8 Å². The van der Waals surface area contributed by atoms with E-state index in [4.69, 9.17) is 4.74 Å². The van der Waals surface area contributed by atoms with Crippen molar-refractivity contribution in [1.29, 1.82) is 0 Å². The average molecular weight is 397 g/mol. The first-order valence-electron chi connectivity index (χ1n) is 10.2. The fourth-order valence-corrected chi connectivity index (χ4v) is 3.91. The average Bonchev–Trinajstić information content (AvgIpc) is 3.34. The lowest BCUT2D eigenvalue weighted by Gasteiger charge is -2.21. The minimum atomic E-state index is -0.0767. The molecular formula is C21H27N5O3. The van der Waals surface area contributed by atoms with Gasteiger partial charge in [0.15, 0.2) is 5.82 Å². The molecule has 0 spiro atoms. The highest BCUT2D eigenvalue weighted by Crippen LogP contribution is 2.17. The summed E-state index contributed by atoms with van der Waals surface area (Å²) in [5.74, 6) is 1.57. The van der Waals surface area contributed by atoms with Crippen molar-refractivity contribution in [1.82, 2.24) is 25.0 Å². The van der Waals surface area contributed by atoms with E-state index in [1.165, 1.54) is 0 Å². The van der Waals surface area contributed by atoms with Crippen molar-refractivity contribution >= 4 is 11.8 Å². The first-order chi connectivity index (χ1) is 14.0. The van der Waals surface area contributed by atoms with Crippen LogP contribution < -0.4 is 5.32 Å². The molecule has 0 saturated carbocycles. The third-order valence-corrected chi connectivity index (χ3v) is 5.73. The van der Waals surface area contributed by atoms with Gasteiger partial charge < -0.3 is 19.5 Å². The van der Waals surface area contributed by atoms with Crippen LogP contribution in [0.25, 0.3) is 0 Å². The lowest BCUT2D eigenvalue weighted by molar-refractivity contribution is -0.125. The van der Waals surface area contributed by atoms with E-state index in [2.05, 4.69) is 15.5 Å². The molecule has 1 aromatic heterocycles. The van der Waals surface area contributed by atoms with E-state index < -0.39 is 0 Å². The number of rotatable bonds is 4. The Morgan fingerprint density at radius 3 is 2.86 bits per heavy atom. The van der Waals surface area contributed by atoms with Crippen molar-refractivity contribution in [3.05, 3.63) is 46.5 Å². The quantitative estimate of drug-likeness (QED) is 0.839. The summed E-state index contributed by atoms with van der Waals surface area (Å²) in [5, 5.41) is 11.5. The smallest absolute Gasteiger partial charge is 0.254 e. The van der Waals surface area contributed by atoms with Crippen molar-refractivity contribution in [3.63, 3.8) is 0 Å². The second-order valence-electron chi connectivity index (χ2n) is 7.82. The molecule has 3 heterocycles. The molecule has 1 fully saturated rings. The van der Waals surface area contributed by atoms with E-state index >= 15 is 0 Å². The van der Waals surface area contributed by atoms with Crippen molar-refractivity contribution in [2.24, 2.45) is 5.92 Å². The van der Waals surface area contributed by atoms with Gasteiger partial charge in [0.05, 0.1) is 19.1 Å². The number of carbonyl (C=O) groups excluding carboxylic acids is 2. The highest BCUT2D eigenvalue weighted by atomic mass is 16.5. The fourth-order valence-electron chi connectivity index (χ4n) is 3.91. The van der Waals surface area contributed by atoms with Crippen LogP contribution in [0.4, 0.5) is 0 Å². The Morgan fingerprint density at radius 2 is 2.07 bits per heavy atom. The SMILES string of the molecule is Cc1ccc(C)c(C(=O)N2CCc3nnc(CNC(=O)C4CCOC4)n3CC2)c1. The Kier molecular flexibility index (Phi) is 5.62. The largest absolute Gasteiger partial charge is 0.381 e. The number of hydrogen-bond donors (Lipinski definition) is 1. The zero-order valence-corrected chi connectivity index (χ0v) is 17.0. The van der Waals surface area contributed by atoms with Gasteiger partial charge in [-0.2, -0.15) is 0 Å². The lowest BCUT2D eigenvalue weighted by Crippen LogP contribution is -2.34. The molecule has 154 valence electrons. The monoisotopic (exact) mass is 397 g/mol. The number of aromatic nitrogens is 3. The van der Waals surface area contributed by atoms with E-state index in [9.17, 15) is 9.59 Å². The molecule has 0 aliphatic carbocycles. The Hall–Kier alpha value is -2.74. The summed E-state index contributed by atoms with van der Waals surface area (Å²) < 4.78 is 7.31. The van der Waals surface area contributed by atoms with Crippen LogP contribution in [-0.2, 0) is 29.0 Å². The van der Waals surface area contributed by atoms with Gasteiger partial charge in [0.1, 0.15) is 5.82 Å². The lowest BCUT2D eigenvalue weighted by atomic mass is 10.0. The summed E-state index contributed by atoms with van der Waals surface area (Å²) in [4.78, 5) is 27.2. The Labute approximate surface area is 170 Å². The van der Waals surface area contributed by atoms with E-state index in [-0.39, 0.29) is 17.7 Å². The van der Waals surface area contributed by atoms with Crippen molar-refractivity contribution in [3.8, 4) is 0 Å². The summed E-state index contributed by atoms with van der Waals surface area (Å²) in [6, 6.07) is 5.97. The molecule has 2 aliphatic rings. The van der Waals surface area contributed by atoms with E-state index in [0.717, 1.165) is 34.8 Å². The Bertz CT molecular complexity index is 917. The van der Waals surface area contributed by atoms with Gasteiger partial charge in [-0.25, -0.2) is 0 Å². The number of fused-ring (bicyclic) bond motifs is 1. The molecule has 1 aromatic carbocycles. The third kappa shape index (κ3) is 4.17. The first-order valence-corrected chi connectivity index (χ1v) is 10.2. The number of hydrogen-bond acceptors (Lipinski definition) is 5. The maximum atomic E-state index is 13.1. The summed E-state index contributed by atoms with van der Waals surface area (Å²) in [6.45, 7) is 7.25. The predicted octanol–water partition coefficient (Wildman–Crippen LogP) is 1.25. The van der Waals surface area contributed by atoms with E-state index in [1.54, 1.807) is 0 Å². The van der Waals surface area contributed by atoms with Gasteiger partial charge in [0.25, 0.3) is 5.91 Å². The summed E-state index contributed by atoms with van der Waals surface area (Å²) in [5.41, 5.74) is 2.83. The fraction of sp³-hybridized carbons (Fsp3) is 0.524. The molecule has 2 aromatic rings. The van der Waals surface area contributed by atoms with Gasteiger partial charge in [-0.3, -0.25) is 9.59 Å². The molecule has 0 radical (unpaired) electrons. The van der Waals surface area contributed by atoms with Crippen LogP contribution in [0.3, 0.4) is 0 Å². The van der Waals surface area contributed by atoms with E-state index in [1.807, 2.05) is 41.5 Å². The molecule has 1 saturated heterocycles. The summed E-state index contributed by atoms with van der Waals surface area (Å²) in [6.07, 6.45) is 1.41. The number of aryl methyl sites for hydroxylation is 2. The zero-order chi connectivity index (χ0) is 20.4. The minimum absolute atomic E-state index is 0.000184. The molecule has 8 nitrogen and oxygen atoms in total. The zero-order valence-electron chi connectivity index (χ0n) is 17.0. The molecule has 0 bridgehead atoms. The van der Waals surface area contributed by atoms with Crippen LogP contribution >= 0.6 is 0 Å². The molecular weight excluding hydrogens is 370 g/mol. The molecule has 1 unspecified atom stereocenters. The molecule has 2 aliphatic heterocycles. The van der Waals surface area contributed by atoms with Crippen molar-refractivity contribution < 1.29 is 14.3 Å². The van der Waals surface area contributed by atoms with Crippen LogP contribution in [0.2, 0.25) is 0 Å². The standard InChI is InChI=1S/C21H27N5O3/c1-14-3-4-15(2)17(11-14)21(28)25-7-5-18-23-24-19(26(18)9-8-25)12-22-20(27)16-6-10-29-13-16/h3-4,11,16H,5-10,12-13H2,1-2H3,(H,22,27). The van der Waals surface area contributed by atoms with Crippen LogP contribution in [0.5, 0.6) is 0 Å². The second kappa shape index (κ2) is 8.32. The summed E-state index contributed by atoms with van der Waals surface area (Å²) in [7, 11) is 0. The minimum Gasteiger partial charge on any atom is -0.381 e. The molecule has 1 N–H and O–H groups in total. The maximum Gasteiger partial charge on any atom is 0.254 e. The highest BCUT2D eigenvalue weighted by molar-refractivity contribution is 5.95. The third-order valence-electron chi connectivity index (χ3n) is 5.73. The second-order valence-corrected chi connectivity index (χ2v) is 7.82. The molecule has 1 atom stereocenters. The van der Waals surface area contributed by atoms with Crippen LogP contribution in [0.1, 0.15) is 39.6 Å². The van der Waals surface area contributed by atoms with Gasteiger partial charge in [-0.05, 0) is 31.9 Å².